The maximum atomic E-state index is 10.2. The highest BCUT2D eigenvalue weighted by atomic mass is 15.2. The molecule has 0 spiro atoms. The van der Waals surface area contributed by atoms with E-state index in [0.717, 1.165) is 59.4 Å². The van der Waals surface area contributed by atoms with Gasteiger partial charge in [-0.1, -0.05) is 12.1 Å². The van der Waals surface area contributed by atoms with E-state index >= 15 is 0 Å². The number of aromatic nitrogens is 2. The number of para-hydroxylation sites is 2. The van der Waals surface area contributed by atoms with Gasteiger partial charge in [0.2, 0.25) is 0 Å². The van der Waals surface area contributed by atoms with Crippen LogP contribution < -0.4 is 9.80 Å². The largest absolute Gasteiger partial charge is 0.371 e. The Morgan fingerprint density at radius 1 is 0.828 bits per heavy atom. The Labute approximate surface area is 169 Å². The molecule has 6 rings (SSSR count). The molecule has 0 unspecified atom stereocenters. The van der Waals surface area contributed by atoms with Crippen LogP contribution >= 0.6 is 0 Å². The molecule has 0 amide bonds. The van der Waals surface area contributed by atoms with Crippen LogP contribution in [0.5, 0.6) is 0 Å². The number of hydrogen-bond donors (Lipinski definition) is 0. The molecule has 2 saturated heterocycles. The Hall–Kier alpha value is -3.26. The van der Waals surface area contributed by atoms with E-state index in [-0.39, 0.29) is 0 Å². The van der Waals surface area contributed by atoms with Gasteiger partial charge in [-0.3, -0.25) is 4.40 Å². The van der Waals surface area contributed by atoms with Gasteiger partial charge in [0.1, 0.15) is 11.6 Å². The number of rotatable bonds is 2. The molecular formula is C24H23N5. The third-order valence-electron chi connectivity index (χ3n) is 6.50. The van der Waals surface area contributed by atoms with Crippen LogP contribution in [0.15, 0.2) is 42.5 Å². The molecule has 0 bridgehead atoms. The summed E-state index contributed by atoms with van der Waals surface area (Å²) >= 11 is 0. The maximum absolute atomic E-state index is 10.2. The topological polar surface area (TPSA) is 47.6 Å². The van der Waals surface area contributed by atoms with Crippen LogP contribution in [-0.4, -0.2) is 35.6 Å². The van der Waals surface area contributed by atoms with Crippen LogP contribution in [0.2, 0.25) is 0 Å². The SMILES string of the molecule is N#Cc1c(N2CCCC2)c2ccc(N3CCCC3)cc2n2c1nc1ccccc12. The lowest BCUT2D eigenvalue weighted by Gasteiger charge is -2.24. The summed E-state index contributed by atoms with van der Waals surface area (Å²) in [5.41, 5.74) is 6.97. The Morgan fingerprint density at radius 2 is 1.55 bits per heavy atom. The third kappa shape index (κ3) is 2.42. The molecule has 0 aliphatic carbocycles. The first-order valence-electron chi connectivity index (χ1n) is 10.6. The summed E-state index contributed by atoms with van der Waals surface area (Å²) < 4.78 is 2.20. The molecule has 2 fully saturated rings. The van der Waals surface area contributed by atoms with E-state index in [9.17, 15) is 5.26 Å². The fourth-order valence-corrected chi connectivity index (χ4v) is 5.13. The predicted molar refractivity (Wildman–Crippen MR) is 118 cm³/mol. The third-order valence-corrected chi connectivity index (χ3v) is 6.50. The van der Waals surface area contributed by atoms with Crippen molar-refractivity contribution in [3.8, 4) is 6.07 Å². The van der Waals surface area contributed by atoms with Crippen LogP contribution in [0.3, 0.4) is 0 Å². The van der Waals surface area contributed by atoms with Crippen molar-refractivity contribution in [3.05, 3.63) is 48.0 Å². The quantitative estimate of drug-likeness (QED) is 0.504. The lowest BCUT2D eigenvalue weighted by atomic mass is 10.1. The zero-order valence-corrected chi connectivity index (χ0v) is 16.4. The first kappa shape index (κ1) is 16.7. The zero-order valence-electron chi connectivity index (χ0n) is 16.4. The van der Waals surface area contributed by atoms with Crippen LogP contribution in [0.1, 0.15) is 31.2 Å². The first-order chi connectivity index (χ1) is 14.3. The van der Waals surface area contributed by atoms with Gasteiger partial charge in [0.15, 0.2) is 5.65 Å². The average molecular weight is 381 g/mol. The summed E-state index contributed by atoms with van der Waals surface area (Å²) in [7, 11) is 0. The van der Waals surface area contributed by atoms with Crippen molar-refractivity contribution >= 4 is 39.0 Å². The van der Waals surface area contributed by atoms with Gasteiger partial charge in [-0.2, -0.15) is 5.26 Å². The first-order valence-corrected chi connectivity index (χ1v) is 10.6. The van der Waals surface area contributed by atoms with Crippen LogP contribution in [0, 0.1) is 11.3 Å². The van der Waals surface area contributed by atoms with Gasteiger partial charge in [0, 0.05) is 37.3 Å². The van der Waals surface area contributed by atoms with Crippen LogP contribution in [0.25, 0.3) is 27.6 Å². The van der Waals surface area contributed by atoms with E-state index in [1.165, 1.54) is 31.4 Å². The standard InChI is InChI=1S/C24H23N5/c25-16-19-23(28-13-5-6-14-28)18-10-9-17(27-11-3-4-12-27)15-22(18)29-21-8-2-1-7-20(21)26-24(19)29/h1-2,7-10,15H,3-6,11-14H2. The molecule has 5 heteroatoms. The lowest BCUT2D eigenvalue weighted by Crippen LogP contribution is -2.20. The minimum absolute atomic E-state index is 0.699. The molecule has 2 aliphatic rings. The van der Waals surface area contributed by atoms with Crippen molar-refractivity contribution < 1.29 is 0 Å². The second-order valence-electron chi connectivity index (χ2n) is 8.18. The predicted octanol–water partition coefficient (Wildman–Crippen LogP) is 4.71. The summed E-state index contributed by atoms with van der Waals surface area (Å²) in [6, 6.07) is 17.5. The molecular weight excluding hydrogens is 358 g/mol. The molecule has 4 heterocycles. The van der Waals surface area contributed by atoms with Gasteiger partial charge in [0.05, 0.1) is 22.2 Å². The highest BCUT2D eigenvalue weighted by Gasteiger charge is 2.25. The Balaban J connectivity index is 1.76. The van der Waals surface area contributed by atoms with E-state index < -0.39 is 0 Å². The molecule has 29 heavy (non-hydrogen) atoms. The normalized spacial score (nSPS) is 17.1. The number of fused-ring (bicyclic) bond motifs is 5. The van der Waals surface area contributed by atoms with Crippen LogP contribution in [-0.2, 0) is 0 Å². The summed E-state index contributed by atoms with van der Waals surface area (Å²) in [5, 5.41) is 11.3. The molecule has 0 radical (unpaired) electrons. The summed E-state index contributed by atoms with van der Waals surface area (Å²) in [6.45, 7) is 4.26. The van der Waals surface area contributed by atoms with Crippen molar-refractivity contribution in [3.63, 3.8) is 0 Å². The van der Waals surface area contributed by atoms with Gasteiger partial charge in [-0.05, 0) is 56.0 Å². The fraction of sp³-hybridized carbons (Fsp3) is 0.333. The number of anilines is 2. The number of nitrogens with zero attached hydrogens (tertiary/aromatic N) is 5. The second kappa shape index (κ2) is 6.38. The number of pyridine rings is 1. The van der Waals surface area contributed by atoms with E-state index in [1.807, 2.05) is 18.2 Å². The monoisotopic (exact) mass is 381 g/mol. The zero-order chi connectivity index (χ0) is 19.4. The molecule has 0 saturated carbocycles. The molecule has 0 atom stereocenters. The van der Waals surface area contributed by atoms with Gasteiger partial charge in [-0.15, -0.1) is 0 Å². The van der Waals surface area contributed by atoms with E-state index in [4.69, 9.17) is 4.98 Å². The minimum atomic E-state index is 0.699. The van der Waals surface area contributed by atoms with Crippen molar-refractivity contribution in [2.45, 2.75) is 25.7 Å². The lowest BCUT2D eigenvalue weighted by molar-refractivity contribution is 0.949. The average Bonchev–Trinajstić information content (AvgIpc) is 3.53. The molecule has 5 nitrogen and oxygen atoms in total. The van der Waals surface area contributed by atoms with Gasteiger partial charge >= 0.3 is 0 Å². The summed E-state index contributed by atoms with van der Waals surface area (Å²) in [5.74, 6) is 0. The maximum Gasteiger partial charge on any atom is 0.158 e. The number of benzene rings is 2. The Bertz CT molecular complexity index is 1280. The molecule has 2 aromatic heterocycles. The number of imidazole rings is 1. The van der Waals surface area contributed by atoms with Crippen molar-refractivity contribution in [2.24, 2.45) is 0 Å². The smallest absolute Gasteiger partial charge is 0.158 e. The van der Waals surface area contributed by atoms with Gasteiger partial charge in [-0.25, -0.2) is 4.98 Å². The minimum Gasteiger partial charge on any atom is -0.371 e. The number of hydrogen-bond acceptors (Lipinski definition) is 4. The fourth-order valence-electron chi connectivity index (χ4n) is 5.13. The summed E-state index contributed by atoms with van der Waals surface area (Å²) in [6.07, 6.45) is 4.88. The molecule has 4 aromatic rings. The molecule has 2 aliphatic heterocycles. The van der Waals surface area contributed by atoms with Gasteiger partial charge in [0.25, 0.3) is 0 Å². The van der Waals surface area contributed by atoms with E-state index in [1.54, 1.807) is 0 Å². The van der Waals surface area contributed by atoms with E-state index in [0.29, 0.717) is 5.56 Å². The van der Waals surface area contributed by atoms with Gasteiger partial charge < -0.3 is 9.80 Å². The highest BCUT2D eigenvalue weighted by molar-refractivity contribution is 6.03. The molecule has 0 N–H and O–H groups in total. The molecule has 2 aromatic carbocycles. The molecule has 144 valence electrons. The van der Waals surface area contributed by atoms with Crippen LogP contribution in [0.4, 0.5) is 11.4 Å². The van der Waals surface area contributed by atoms with Crippen molar-refractivity contribution in [2.75, 3.05) is 36.0 Å². The van der Waals surface area contributed by atoms with Crippen molar-refractivity contribution in [1.29, 1.82) is 5.26 Å². The summed E-state index contributed by atoms with van der Waals surface area (Å²) in [4.78, 5) is 9.75. The Morgan fingerprint density at radius 3 is 2.31 bits per heavy atom. The highest BCUT2D eigenvalue weighted by Crippen LogP contribution is 2.39. The second-order valence-corrected chi connectivity index (χ2v) is 8.18. The Kier molecular flexibility index (Phi) is 3.67. The van der Waals surface area contributed by atoms with Crippen molar-refractivity contribution in [1.82, 2.24) is 9.38 Å². The van der Waals surface area contributed by atoms with E-state index in [2.05, 4.69) is 44.5 Å². The number of nitriles is 1.